The lowest BCUT2D eigenvalue weighted by Crippen LogP contribution is -2.35. The minimum atomic E-state index is -1.05. The van der Waals surface area contributed by atoms with Crippen molar-refractivity contribution in [3.8, 4) is 0 Å². The largest absolute Gasteiger partial charge is 0.383 e. The number of aliphatic hydroxyl groups excluding tert-OH is 1. The van der Waals surface area contributed by atoms with Crippen LogP contribution in [0.4, 0.5) is 0 Å². The molecule has 15 heavy (non-hydrogen) atoms. The number of hydroxylamine groups is 2. The molecule has 1 unspecified atom stereocenters. The fourth-order valence-electron chi connectivity index (χ4n) is 1.02. The predicted molar refractivity (Wildman–Crippen MR) is 59.0 cm³/mol. The van der Waals surface area contributed by atoms with Crippen LogP contribution in [0, 0.1) is 0 Å². The van der Waals surface area contributed by atoms with Gasteiger partial charge in [0, 0.05) is 13.5 Å². The summed E-state index contributed by atoms with van der Waals surface area (Å²) in [5.74, 6) is -0.444. The van der Waals surface area contributed by atoms with Crippen molar-refractivity contribution in [3.05, 3.63) is 24.3 Å². The average Bonchev–Trinajstić information content (AvgIpc) is 2.24. The molecule has 0 aromatic rings. The molecule has 0 aromatic heterocycles. The smallest absolute Gasteiger partial charge is 0.274 e. The third-order valence-corrected chi connectivity index (χ3v) is 2.03. The van der Waals surface area contributed by atoms with E-state index in [0.717, 1.165) is 17.1 Å². The number of aliphatic hydroxyl groups is 1. The zero-order chi connectivity index (χ0) is 11.8. The quantitative estimate of drug-likeness (QED) is 0.534. The monoisotopic (exact) mass is 213 g/mol. The van der Waals surface area contributed by atoms with Crippen LogP contribution in [-0.4, -0.2) is 36.3 Å². The summed E-state index contributed by atoms with van der Waals surface area (Å²) in [5, 5.41) is 10.5. The highest BCUT2D eigenvalue weighted by Crippen LogP contribution is 2.05. The molecule has 86 valence electrons. The number of likely N-dealkylation sites (N-methyl/N-ethyl adjacent to an activating group) is 1. The zero-order valence-corrected chi connectivity index (χ0v) is 9.56. The fraction of sp³-hybridized carbons (Fsp3) is 0.545. The minimum absolute atomic E-state index is 0.298. The van der Waals surface area contributed by atoms with Crippen LogP contribution < -0.4 is 0 Å². The second-order valence-corrected chi connectivity index (χ2v) is 3.31. The standard InChI is InChI=1S/C11H19NO3/c1-5-6-9(2)7-8-10(13)11(14)12(3)15-4/h5,7,10,13H,1,6,8H2,2-4H3. The van der Waals surface area contributed by atoms with E-state index in [-0.39, 0.29) is 0 Å². The van der Waals surface area contributed by atoms with Gasteiger partial charge >= 0.3 is 0 Å². The van der Waals surface area contributed by atoms with Crippen LogP contribution in [0.3, 0.4) is 0 Å². The third-order valence-electron chi connectivity index (χ3n) is 2.03. The molecule has 0 aliphatic carbocycles. The van der Waals surface area contributed by atoms with Crippen molar-refractivity contribution in [1.82, 2.24) is 5.06 Å². The number of carbonyl (C=O) groups is 1. The Bertz CT molecular complexity index is 248. The van der Waals surface area contributed by atoms with Crippen molar-refractivity contribution in [2.75, 3.05) is 14.2 Å². The van der Waals surface area contributed by atoms with E-state index in [9.17, 15) is 9.90 Å². The first kappa shape index (κ1) is 13.9. The lowest BCUT2D eigenvalue weighted by atomic mass is 10.1. The van der Waals surface area contributed by atoms with Gasteiger partial charge in [-0.3, -0.25) is 9.63 Å². The molecule has 0 saturated carbocycles. The molecule has 0 spiro atoms. The summed E-state index contributed by atoms with van der Waals surface area (Å²) in [7, 11) is 2.84. The molecule has 1 N–H and O–H groups in total. The molecule has 0 saturated heterocycles. The van der Waals surface area contributed by atoms with Crippen LogP contribution in [0.1, 0.15) is 19.8 Å². The van der Waals surface area contributed by atoms with Gasteiger partial charge in [-0.1, -0.05) is 17.7 Å². The number of amides is 1. The third kappa shape index (κ3) is 5.34. The van der Waals surface area contributed by atoms with Crippen LogP contribution in [-0.2, 0) is 9.63 Å². The Labute approximate surface area is 90.8 Å². The first-order valence-corrected chi connectivity index (χ1v) is 4.79. The van der Waals surface area contributed by atoms with E-state index >= 15 is 0 Å². The Hall–Kier alpha value is -1.13. The van der Waals surface area contributed by atoms with E-state index in [1.165, 1.54) is 14.2 Å². The maximum absolute atomic E-state index is 11.3. The number of nitrogens with zero attached hydrogens (tertiary/aromatic N) is 1. The van der Waals surface area contributed by atoms with Gasteiger partial charge in [0.2, 0.25) is 0 Å². The number of rotatable bonds is 6. The molecule has 0 rings (SSSR count). The molecule has 1 atom stereocenters. The van der Waals surface area contributed by atoms with Crippen molar-refractivity contribution in [2.24, 2.45) is 0 Å². The van der Waals surface area contributed by atoms with Crippen molar-refractivity contribution in [3.63, 3.8) is 0 Å². The number of hydrogen-bond acceptors (Lipinski definition) is 3. The minimum Gasteiger partial charge on any atom is -0.383 e. The molecule has 0 radical (unpaired) electrons. The summed E-state index contributed by atoms with van der Waals surface area (Å²) in [5.41, 5.74) is 1.08. The van der Waals surface area contributed by atoms with Gasteiger partial charge in [-0.25, -0.2) is 5.06 Å². The highest BCUT2D eigenvalue weighted by molar-refractivity contribution is 5.79. The van der Waals surface area contributed by atoms with E-state index < -0.39 is 12.0 Å². The first-order valence-electron chi connectivity index (χ1n) is 4.79. The van der Waals surface area contributed by atoms with Crippen LogP contribution in [0.25, 0.3) is 0 Å². The highest BCUT2D eigenvalue weighted by atomic mass is 16.7. The van der Waals surface area contributed by atoms with Crippen LogP contribution in [0.15, 0.2) is 24.3 Å². The van der Waals surface area contributed by atoms with Gasteiger partial charge in [-0.15, -0.1) is 6.58 Å². The second-order valence-electron chi connectivity index (χ2n) is 3.31. The number of hydrogen-bond donors (Lipinski definition) is 1. The van der Waals surface area contributed by atoms with Crippen LogP contribution in [0.2, 0.25) is 0 Å². The van der Waals surface area contributed by atoms with Gasteiger partial charge in [0.15, 0.2) is 0 Å². The zero-order valence-electron chi connectivity index (χ0n) is 9.56. The number of carbonyl (C=O) groups excluding carboxylic acids is 1. The summed E-state index contributed by atoms with van der Waals surface area (Å²) in [4.78, 5) is 16.0. The summed E-state index contributed by atoms with van der Waals surface area (Å²) >= 11 is 0. The molecule has 1 amide bonds. The SMILES string of the molecule is C=CCC(C)=CCC(O)C(=O)N(C)OC. The Kier molecular flexibility index (Phi) is 6.66. The Balaban J connectivity index is 4.13. The van der Waals surface area contributed by atoms with E-state index in [0.29, 0.717) is 6.42 Å². The molecule has 0 bridgehead atoms. The number of allylic oxidation sites excluding steroid dienone is 2. The Morgan fingerprint density at radius 3 is 2.73 bits per heavy atom. The molecular weight excluding hydrogens is 194 g/mol. The van der Waals surface area contributed by atoms with Crippen molar-refractivity contribution >= 4 is 5.91 Å². The Morgan fingerprint density at radius 2 is 2.27 bits per heavy atom. The Morgan fingerprint density at radius 1 is 1.67 bits per heavy atom. The average molecular weight is 213 g/mol. The normalized spacial score (nSPS) is 13.5. The topological polar surface area (TPSA) is 49.8 Å². The van der Waals surface area contributed by atoms with Crippen molar-refractivity contribution < 1.29 is 14.7 Å². The molecule has 0 fully saturated rings. The van der Waals surface area contributed by atoms with E-state index in [1.807, 2.05) is 13.0 Å². The van der Waals surface area contributed by atoms with Crippen molar-refractivity contribution in [2.45, 2.75) is 25.9 Å². The maximum Gasteiger partial charge on any atom is 0.274 e. The van der Waals surface area contributed by atoms with Gasteiger partial charge in [0.25, 0.3) is 5.91 Å². The molecule has 0 aromatic carbocycles. The van der Waals surface area contributed by atoms with E-state index in [1.54, 1.807) is 6.08 Å². The van der Waals surface area contributed by atoms with Gasteiger partial charge in [0.1, 0.15) is 6.10 Å². The lowest BCUT2D eigenvalue weighted by Gasteiger charge is -2.16. The van der Waals surface area contributed by atoms with Crippen LogP contribution in [0.5, 0.6) is 0 Å². The summed E-state index contributed by atoms with van der Waals surface area (Å²) in [6.07, 6.45) is 3.62. The van der Waals surface area contributed by atoms with Gasteiger partial charge in [-0.2, -0.15) is 0 Å². The summed E-state index contributed by atoms with van der Waals surface area (Å²) in [6.45, 7) is 5.54. The highest BCUT2D eigenvalue weighted by Gasteiger charge is 2.17. The lowest BCUT2D eigenvalue weighted by molar-refractivity contribution is -0.177. The summed E-state index contributed by atoms with van der Waals surface area (Å²) < 4.78 is 0. The molecule has 0 heterocycles. The molecule has 4 nitrogen and oxygen atoms in total. The van der Waals surface area contributed by atoms with Crippen molar-refractivity contribution in [1.29, 1.82) is 0 Å². The van der Waals surface area contributed by atoms with Gasteiger partial charge in [-0.05, 0) is 13.3 Å². The second kappa shape index (κ2) is 7.20. The molecular formula is C11H19NO3. The van der Waals surface area contributed by atoms with Crippen LogP contribution >= 0.6 is 0 Å². The maximum atomic E-state index is 11.3. The fourth-order valence-corrected chi connectivity index (χ4v) is 1.02. The molecule has 0 aliphatic rings. The van der Waals surface area contributed by atoms with Gasteiger partial charge in [0.05, 0.1) is 7.11 Å². The molecule has 4 heteroatoms. The van der Waals surface area contributed by atoms with E-state index in [2.05, 4.69) is 11.4 Å². The van der Waals surface area contributed by atoms with Gasteiger partial charge < -0.3 is 5.11 Å². The predicted octanol–water partition coefficient (Wildman–Crippen LogP) is 1.28. The van der Waals surface area contributed by atoms with E-state index in [4.69, 9.17) is 0 Å². The molecule has 0 aliphatic heterocycles. The summed E-state index contributed by atoms with van der Waals surface area (Å²) in [6, 6.07) is 0. The first-order chi connectivity index (χ1) is 7.02.